The maximum Gasteiger partial charge on any atom is 0.163 e. The van der Waals surface area contributed by atoms with Gasteiger partial charge in [-0.25, -0.2) is 24.9 Å². The molecule has 248 valence electrons. The Kier molecular flexibility index (Phi) is 8.01. The molecular weight excluding hydrogens is 635 g/mol. The minimum atomic E-state index is 0.0707. The highest BCUT2D eigenvalue weighted by Crippen LogP contribution is 2.39. The molecule has 0 aliphatic heterocycles. The van der Waals surface area contributed by atoms with Gasteiger partial charge in [-0.15, -0.1) is 0 Å². The molecule has 0 bridgehead atoms. The fourth-order valence-electron chi connectivity index (χ4n) is 7.21. The molecule has 2 aromatic heterocycles. The van der Waals surface area contributed by atoms with Crippen LogP contribution in [0.25, 0.3) is 78.0 Å². The number of fused-ring (bicyclic) bond motifs is 3. The monoisotopic (exact) mass is 669 g/mol. The lowest BCUT2D eigenvalue weighted by Gasteiger charge is -2.16. The number of allylic oxidation sites excluding steroid dienone is 4. The van der Waals surface area contributed by atoms with Gasteiger partial charge in [-0.1, -0.05) is 127 Å². The van der Waals surface area contributed by atoms with Crippen LogP contribution in [0.4, 0.5) is 0 Å². The van der Waals surface area contributed by atoms with Gasteiger partial charge >= 0.3 is 0 Å². The zero-order valence-electron chi connectivity index (χ0n) is 29.0. The van der Waals surface area contributed by atoms with Crippen LogP contribution in [0, 0.1) is 13.8 Å². The van der Waals surface area contributed by atoms with Crippen LogP contribution in [0.15, 0.2) is 158 Å². The minimum absolute atomic E-state index is 0.0707. The Labute approximate surface area is 303 Å². The highest BCUT2D eigenvalue weighted by Gasteiger charge is 2.19. The van der Waals surface area contributed by atoms with Crippen molar-refractivity contribution in [2.24, 2.45) is 0 Å². The lowest BCUT2D eigenvalue weighted by Crippen LogP contribution is -2.08. The molecular formula is C47H35N5. The number of aromatic nitrogens is 5. The summed E-state index contributed by atoms with van der Waals surface area (Å²) >= 11 is 0. The molecule has 9 rings (SSSR count). The predicted octanol–water partition coefficient (Wildman–Crippen LogP) is 11.5. The van der Waals surface area contributed by atoms with Gasteiger partial charge in [0.1, 0.15) is 5.82 Å². The van der Waals surface area contributed by atoms with Crippen LogP contribution in [0.1, 0.15) is 29.6 Å². The van der Waals surface area contributed by atoms with Crippen LogP contribution < -0.4 is 0 Å². The Hall–Kier alpha value is -6.59. The zero-order chi connectivity index (χ0) is 35.0. The van der Waals surface area contributed by atoms with E-state index in [4.69, 9.17) is 24.9 Å². The first kappa shape index (κ1) is 31.4. The van der Waals surface area contributed by atoms with Gasteiger partial charge in [-0.2, -0.15) is 0 Å². The fraction of sp³-hybridized carbons (Fsp3) is 0.0851. The molecule has 52 heavy (non-hydrogen) atoms. The third-order valence-corrected chi connectivity index (χ3v) is 9.73. The summed E-state index contributed by atoms with van der Waals surface area (Å²) in [7, 11) is 0. The summed E-state index contributed by atoms with van der Waals surface area (Å²) in [6.07, 6.45) is 9.36. The minimum Gasteiger partial charge on any atom is -0.233 e. The zero-order valence-corrected chi connectivity index (χ0v) is 29.0. The van der Waals surface area contributed by atoms with E-state index in [0.717, 1.165) is 68.4 Å². The van der Waals surface area contributed by atoms with Crippen molar-refractivity contribution in [2.45, 2.75) is 26.2 Å². The van der Waals surface area contributed by atoms with Crippen LogP contribution >= 0.6 is 0 Å². The van der Waals surface area contributed by atoms with Gasteiger partial charge in [0.15, 0.2) is 17.5 Å². The van der Waals surface area contributed by atoms with E-state index in [-0.39, 0.29) is 5.92 Å². The second kappa shape index (κ2) is 13.3. The third-order valence-electron chi connectivity index (χ3n) is 9.73. The average molecular weight is 670 g/mol. The first-order valence-electron chi connectivity index (χ1n) is 17.7. The standard InChI is InChI=1S/C47H35N5/c1-30-25-31(2)49-44(48-30)35-23-21-32(22-24-35)37-26-38(43-29-36-17-9-10-18-40(36)41-19-11-12-20-42(41)43)28-39(27-37)47-51-45(33-13-5-3-6-14-33)50-46(52-47)34-15-7-4-8-16-34/h3-15,17-29,34H,16H2,1-2H3. The van der Waals surface area contributed by atoms with Crippen molar-refractivity contribution in [3.63, 3.8) is 0 Å². The van der Waals surface area contributed by atoms with E-state index in [1.807, 2.05) is 38.1 Å². The normalized spacial score (nSPS) is 13.9. The van der Waals surface area contributed by atoms with Crippen molar-refractivity contribution in [3.8, 4) is 56.4 Å². The van der Waals surface area contributed by atoms with Gasteiger partial charge in [-0.3, -0.25) is 0 Å². The molecule has 0 radical (unpaired) electrons. The summed E-state index contributed by atoms with van der Waals surface area (Å²) in [6.45, 7) is 4.01. The molecule has 6 aromatic carbocycles. The topological polar surface area (TPSA) is 64.5 Å². The molecule has 8 aromatic rings. The summed E-state index contributed by atoms with van der Waals surface area (Å²) in [4.78, 5) is 24.8. The van der Waals surface area contributed by atoms with E-state index in [1.165, 1.54) is 21.5 Å². The number of rotatable bonds is 6. The van der Waals surface area contributed by atoms with Crippen molar-refractivity contribution in [1.29, 1.82) is 0 Å². The predicted molar refractivity (Wildman–Crippen MR) is 213 cm³/mol. The quantitative estimate of drug-likeness (QED) is 0.165. The largest absolute Gasteiger partial charge is 0.233 e. The SMILES string of the molecule is Cc1cc(C)nc(-c2ccc(-c3cc(-c4nc(-c5ccccc5)nc(C5C=CC=CC5)n4)cc(-c4cc5ccccc5c5ccccc45)c3)cc2)n1. The highest BCUT2D eigenvalue weighted by molar-refractivity contribution is 6.14. The molecule has 2 heterocycles. The van der Waals surface area contributed by atoms with Crippen molar-refractivity contribution >= 4 is 21.5 Å². The van der Waals surface area contributed by atoms with Crippen molar-refractivity contribution in [2.75, 3.05) is 0 Å². The van der Waals surface area contributed by atoms with Gasteiger partial charge in [-0.05, 0) is 94.4 Å². The molecule has 1 aliphatic rings. The van der Waals surface area contributed by atoms with E-state index in [0.29, 0.717) is 11.6 Å². The van der Waals surface area contributed by atoms with Gasteiger partial charge in [0.2, 0.25) is 0 Å². The molecule has 0 amide bonds. The van der Waals surface area contributed by atoms with Gasteiger partial charge in [0.25, 0.3) is 0 Å². The Morgan fingerprint density at radius 1 is 0.442 bits per heavy atom. The number of nitrogens with zero attached hydrogens (tertiary/aromatic N) is 5. The van der Waals surface area contributed by atoms with E-state index in [2.05, 4.69) is 133 Å². The second-order valence-electron chi connectivity index (χ2n) is 13.4. The van der Waals surface area contributed by atoms with E-state index in [9.17, 15) is 0 Å². The smallest absolute Gasteiger partial charge is 0.163 e. The molecule has 5 nitrogen and oxygen atoms in total. The van der Waals surface area contributed by atoms with Crippen molar-refractivity contribution < 1.29 is 0 Å². The lowest BCUT2D eigenvalue weighted by molar-refractivity contribution is 0.764. The lowest BCUT2D eigenvalue weighted by atomic mass is 9.90. The average Bonchev–Trinajstić information content (AvgIpc) is 3.20. The number of benzene rings is 6. The fourth-order valence-corrected chi connectivity index (χ4v) is 7.21. The summed E-state index contributed by atoms with van der Waals surface area (Å²) in [5.74, 6) is 2.90. The van der Waals surface area contributed by atoms with Crippen LogP contribution in [0.3, 0.4) is 0 Å². The Bertz CT molecular complexity index is 2660. The van der Waals surface area contributed by atoms with Crippen molar-refractivity contribution in [1.82, 2.24) is 24.9 Å². The summed E-state index contributed by atoms with van der Waals surface area (Å²) in [5, 5.41) is 4.87. The maximum absolute atomic E-state index is 5.18. The molecule has 0 saturated carbocycles. The van der Waals surface area contributed by atoms with Crippen LogP contribution in [0.2, 0.25) is 0 Å². The van der Waals surface area contributed by atoms with Crippen LogP contribution in [0.5, 0.6) is 0 Å². The van der Waals surface area contributed by atoms with E-state index < -0.39 is 0 Å². The Morgan fingerprint density at radius 3 is 1.79 bits per heavy atom. The van der Waals surface area contributed by atoms with E-state index >= 15 is 0 Å². The van der Waals surface area contributed by atoms with Crippen LogP contribution in [-0.2, 0) is 0 Å². The second-order valence-corrected chi connectivity index (χ2v) is 13.4. The molecule has 1 unspecified atom stereocenters. The summed E-state index contributed by atoms with van der Waals surface area (Å²) in [5.41, 5.74) is 9.20. The molecule has 1 aliphatic carbocycles. The highest BCUT2D eigenvalue weighted by atomic mass is 15.0. The first-order valence-corrected chi connectivity index (χ1v) is 17.7. The number of hydrogen-bond donors (Lipinski definition) is 0. The van der Waals surface area contributed by atoms with Gasteiger partial charge in [0.05, 0.1) is 0 Å². The van der Waals surface area contributed by atoms with E-state index in [1.54, 1.807) is 0 Å². The number of hydrogen-bond acceptors (Lipinski definition) is 5. The van der Waals surface area contributed by atoms with Crippen LogP contribution in [-0.4, -0.2) is 24.9 Å². The maximum atomic E-state index is 5.18. The molecule has 5 heteroatoms. The Morgan fingerprint density at radius 2 is 1.04 bits per heavy atom. The summed E-state index contributed by atoms with van der Waals surface area (Å²) < 4.78 is 0. The number of aryl methyl sites for hydroxylation is 2. The van der Waals surface area contributed by atoms with Crippen molar-refractivity contribution in [3.05, 3.63) is 175 Å². The van der Waals surface area contributed by atoms with Gasteiger partial charge < -0.3 is 0 Å². The summed E-state index contributed by atoms with van der Waals surface area (Å²) in [6, 6.07) is 47.1. The molecule has 1 atom stereocenters. The Balaban J connectivity index is 1.26. The third kappa shape index (κ3) is 6.07. The van der Waals surface area contributed by atoms with Gasteiger partial charge in [0, 0.05) is 34.0 Å². The molecule has 0 N–H and O–H groups in total. The molecule has 0 saturated heterocycles. The first-order chi connectivity index (χ1) is 25.6. The molecule has 0 spiro atoms. The molecule has 0 fully saturated rings.